The van der Waals surface area contributed by atoms with Gasteiger partial charge in [0.05, 0.1) is 5.60 Å². The van der Waals surface area contributed by atoms with E-state index >= 15 is 0 Å². The van der Waals surface area contributed by atoms with E-state index < -0.39 is 11.6 Å². The third-order valence-electron chi connectivity index (χ3n) is 3.73. The van der Waals surface area contributed by atoms with Gasteiger partial charge in [-0.05, 0) is 18.8 Å². The first-order valence-electron chi connectivity index (χ1n) is 6.99. The van der Waals surface area contributed by atoms with Crippen LogP contribution in [0.1, 0.15) is 46.5 Å². The maximum Gasteiger partial charge on any atom is 0.245 e. The third-order valence-corrected chi connectivity index (χ3v) is 3.73. The topological polar surface area (TPSA) is 69.6 Å². The van der Waals surface area contributed by atoms with Crippen LogP contribution in [0.3, 0.4) is 0 Å². The Morgan fingerprint density at radius 1 is 1.32 bits per heavy atom. The van der Waals surface area contributed by atoms with Crippen molar-refractivity contribution in [3.05, 3.63) is 0 Å². The van der Waals surface area contributed by atoms with Gasteiger partial charge in [0.2, 0.25) is 11.8 Å². The zero-order chi connectivity index (χ0) is 14.6. The van der Waals surface area contributed by atoms with E-state index in [1.807, 2.05) is 13.8 Å². The molecule has 0 saturated heterocycles. The van der Waals surface area contributed by atoms with Crippen LogP contribution in [0.5, 0.6) is 0 Å². The standard InChI is InChI=1S/C14H26N2O3/c1-10(2)12(15-11(3)17)13(18)16(4)9-14(19)7-5-6-8-14/h10,12,19H,5-9H2,1-4H3,(H,15,17). The molecule has 2 amide bonds. The predicted molar refractivity (Wildman–Crippen MR) is 73.5 cm³/mol. The molecule has 110 valence electrons. The summed E-state index contributed by atoms with van der Waals surface area (Å²) in [6.07, 6.45) is 3.52. The zero-order valence-corrected chi connectivity index (χ0v) is 12.4. The molecule has 1 aliphatic rings. The maximum atomic E-state index is 12.4. The van der Waals surface area contributed by atoms with Crippen LogP contribution in [0, 0.1) is 5.92 Å². The second kappa shape index (κ2) is 6.37. The molecule has 1 rings (SSSR count). The van der Waals surface area contributed by atoms with E-state index in [2.05, 4.69) is 5.32 Å². The fraction of sp³-hybridized carbons (Fsp3) is 0.857. The molecule has 0 aromatic heterocycles. The molecule has 0 bridgehead atoms. The molecular formula is C14H26N2O3. The van der Waals surface area contributed by atoms with Crippen LogP contribution in [-0.4, -0.2) is 47.1 Å². The molecule has 0 aromatic carbocycles. The molecule has 1 atom stereocenters. The van der Waals surface area contributed by atoms with Gasteiger partial charge in [0.15, 0.2) is 0 Å². The van der Waals surface area contributed by atoms with Gasteiger partial charge in [-0.2, -0.15) is 0 Å². The van der Waals surface area contributed by atoms with Gasteiger partial charge in [-0.15, -0.1) is 0 Å². The fourth-order valence-corrected chi connectivity index (χ4v) is 2.68. The lowest BCUT2D eigenvalue weighted by atomic mass is 9.99. The Balaban J connectivity index is 2.65. The van der Waals surface area contributed by atoms with Crippen LogP contribution in [0.4, 0.5) is 0 Å². The molecule has 1 aliphatic carbocycles. The van der Waals surface area contributed by atoms with E-state index in [1.54, 1.807) is 11.9 Å². The Kier molecular flexibility index (Phi) is 5.35. The molecule has 2 N–H and O–H groups in total. The van der Waals surface area contributed by atoms with Crippen molar-refractivity contribution in [1.82, 2.24) is 10.2 Å². The Bertz CT molecular complexity index is 336. The van der Waals surface area contributed by atoms with Crippen molar-refractivity contribution in [2.24, 2.45) is 5.92 Å². The summed E-state index contributed by atoms with van der Waals surface area (Å²) in [5.41, 5.74) is -0.748. The summed E-state index contributed by atoms with van der Waals surface area (Å²) in [5, 5.41) is 13.0. The molecule has 0 spiro atoms. The van der Waals surface area contributed by atoms with Crippen molar-refractivity contribution in [3.63, 3.8) is 0 Å². The van der Waals surface area contributed by atoms with E-state index in [9.17, 15) is 14.7 Å². The number of nitrogens with one attached hydrogen (secondary N) is 1. The van der Waals surface area contributed by atoms with Gasteiger partial charge in [-0.1, -0.05) is 26.7 Å². The van der Waals surface area contributed by atoms with Crippen LogP contribution < -0.4 is 5.32 Å². The number of amides is 2. The highest BCUT2D eigenvalue weighted by Gasteiger charge is 2.35. The van der Waals surface area contributed by atoms with E-state index in [1.165, 1.54) is 6.92 Å². The molecule has 0 heterocycles. The summed E-state index contributed by atoms with van der Waals surface area (Å²) < 4.78 is 0. The van der Waals surface area contributed by atoms with Crippen molar-refractivity contribution >= 4 is 11.8 Å². The number of hydrogen-bond acceptors (Lipinski definition) is 3. The molecule has 19 heavy (non-hydrogen) atoms. The lowest BCUT2D eigenvalue weighted by molar-refractivity contribution is -0.138. The summed E-state index contributed by atoms with van der Waals surface area (Å²) in [7, 11) is 1.69. The minimum Gasteiger partial charge on any atom is -0.388 e. The van der Waals surface area contributed by atoms with Crippen LogP contribution in [0.15, 0.2) is 0 Å². The summed E-state index contributed by atoms with van der Waals surface area (Å²) in [4.78, 5) is 25.1. The number of carbonyl (C=O) groups excluding carboxylic acids is 2. The highest BCUT2D eigenvalue weighted by atomic mass is 16.3. The normalized spacial score (nSPS) is 19.3. The van der Waals surface area contributed by atoms with E-state index in [0.29, 0.717) is 6.54 Å². The second-order valence-electron chi connectivity index (χ2n) is 6.05. The molecule has 0 aromatic rings. The van der Waals surface area contributed by atoms with Gasteiger partial charge in [0, 0.05) is 20.5 Å². The first-order valence-corrected chi connectivity index (χ1v) is 6.99. The van der Waals surface area contributed by atoms with Crippen molar-refractivity contribution < 1.29 is 14.7 Å². The van der Waals surface area contributed by atoms with E-state index in [-0.39, 0.29) is 17.7 Å². The van der Waals surface area contributed by atoms with Gasteiger partial charge in [0.1, 0.15) is 6.04 Å². The number of aliphatic hydroxyl groups is 1. The molecule has 0 radical (unpaired) electrons. The van der Waals surface area contributed by atoms with Gasteiger partial charge >= 0.3 is 0 Å². The van der Waals surface area contributed by atoms with E-state index in [0.717, 1.165) is 25.7 Å². The van der Waals surface area contributed by atoms with Crippen LogP contribution in [0.2, 0.25) is 0 Å². The summed E-state index contributed by atoms with van der Waals surface area (Å²) in [6, 6.07) is -0.521. The predicted octanol–water partition coefficient (Wildman–Crippen LogP) is 0.911. The Morgan fingerprint density at radius 2 is 1.84 bits per heavy atom. The average molecular weight is 270 g/mol. The van der Waals surface area contributed by atoms with Crippen molar-refractivity contribution in [3.8, 4) is 0 Å². The SMILES string of the molecule is CC(=O)NC(C(=O)N(C)CC1(O)CCCC1)C(C)C. The summed E-state index contributed by atoms with van der Waals surface area (Å²) in [6.45, 7) is 5.55. The monoisotopic (exact) mass is 270 g/mol. The van der Waals surface area contributed by atoms with Crippen LogP contribution in [0.25, 0.3) is 0 Å². The average Bonchev–Trinajstić information content (AvgIpc) is 2.71. The van der Waals surface area contributed by atoms with E-state index in [4.69, 9.17) is 0 Å². The van der Waals surface area contributed by atoms with Gasteiger partial charge < -0.3 is 15.3 Å². The fourth-order valence-electron chi connectivity index (χ4n) is 2.68. The highest BCUT2D eigenvalue weighted by Crippen LogP contribution is 2.30. The number of rotatable bonds is 5. The lowest BCUT2D eigenvalue weighted by Gasteiger charge is -2.32. The molecule has 5 heteroatoms. The Hall–Kier alpha value is -1.10. The smallest absolute Gasteiger partial charge is 0.245 e. The van der Waals surface area contributed by atoms with Gasteiger partial charge in [-0.25, -0.2) is 0 Å². The molecule has 1 fully saturated rings. The first-order chi connectivity index (χ1) is 8.75. The molecule has 5 nitrogen and oxygen atoms in total. The van der Waals surface area contributed by atoms with Crippen molar-refractivity contribution in [1.29, 1.82) is 0 Å². The zero-order valence-electron chi connectivity index (χ0n) is 12.4. The second-order valence-corrected chi connectivity index (χ2v) is 6.05. The minimum absolute atomic E-state index is 0.0251. The number of likely N-dealkylation sites (N-methyl/N-ethyl adjacent to an activating group) is 1. The highest BCUT2D eigenvalue weighted by molar-refractivity contribution is 5.87. The summed E-state index contributed by atoms with van der Waals surface area (Å²) >= 11 is 0. The Labute approximate surface area is 115 Å². The quantitative estimate of drug-likeness (QED) is 0.780. The molecule has 0 aliphatic heterocycles. The number of nitrogens with zero attached hydrogens (tertiary/aromatic N) is 1. The minimum atomic E-state index is -0.748. The van der Waals surface area contributed by atoms with Crippen molar-refractivity contribution in [2.45, 2.75) is 58.1 Å². The third kappa shape index (κ3) is 4.49. The first kappa shape index (κ1) is 16.0. The Morgan fingerprint density at radius 3 is 2.26 bits per heavy atom. The van der Waals surface area contributed by atoms with Gasteiger partial charge in [0.25, 0.3) is 0 Å². The number of hydrogen-bond donors (Lipinski definition) is 2. The van der Waals surface area contributed by atoms with Crippen LogP contribution in [-0.2, 0) is 9.59 Å². The lowest BCUT2D eigenvalue weighted by Crippen LogP contribution is -2.52. The molecule has 1 saturated carbocycles. The maximum absolute atomic E-state index is 12.4. The molecule has 1 unspecified atom stereocenters. The summed E-state index contributed by atoms with van der Waals surface area (Å²) in [5.74, 6) is -0.317. The van der Waals surface area contributed by atoms with Gasteiger partial charge in [-0.3, -0.25) is 9.59 Å². The van der Waals surface area contributed by atoms with Crippen molar-refractivity contribution in [2.75, 3.05) is 13.6 Å². The van der Waals surface area contributed by atoms with Crippen LogP contribution >= 0.6 is 0 Å². The largest absolute Gasteiger partial charge is 0.388 e. The molecular weight excluding hydrogens is 244 g/mol. The number of carbonyl (C=O) groups is 2.